The molecule has 0 spiro atoms. The molecule has 1 aromatic rings. The van der Waals surface area contributed by atoms with Gasteiger partial charge in [-0.05, 0) is 62.2 Å². The minimum absolute atomic E-state index is 0.307. The maximum Gasteiger partial charge on any atom is 0.162 e. The highest BCUT2D eigenvalue weighted by Crippen LogP contribution is 2.18. The highest BCUT2D eigenvalue weighted by Gasteiger charge is 2.15. The van der Waals surface area contributed by atoms with Gasteiger partial charge in [-0.25, -0.2) is 0 Å². The van der Waals surface area contributed by atoms with Gasteiger partial charge in [-0.1, -0.05) is 32.0 Å². The number of Topliss-reactive ketones (excluding diaryl/α,β-unsaturated/α-hetero) is 1. The number of carbonyl (C=O) groups excluding carboxylic acids is 1. The number of benzene rings is 1. The maximum absolute atomic E-state index is 12.3. The fourth-order valence-corrected chi connectivity index (χ4v) is 2.99. The van der Waals surface area contributed by atoms with Gasteiger partial charge in [-0.15, -0.1) is 0 Å². The lowest BCUT2D eigenvalue weighted by atomic mass is 9.92. The van der Waals surface area contributed by atoms with E-state index in [9.17, 15) is 4.79 Å². The molecule has 0 aliphatic carbocycles. The van der Waals surface area contributed by atoms with Crippen LogP contribution in [0.5, 0.6) is 0 Å². The number of hydrogen-bond acceptors (Lipinski definition) is 2. The molecule has 0 radical (unpaired) electrons. The summed E-state index contributed by atoms with van der Waals surface area (Å²) in [7, 11) is 0. The molecule has 110 valence electrons. The van der Waals surface area contributed by atoms with Gasteiger partial charge in [0.05, 0.1) is 0 Å². The number of hydrogen-bond donors (Lipinski definition) is 1. The third-order valence-corrected chi connectivity index (χ3v) is 4.07. The Balaban J connectivity index is 1.88. The number of piperidine rings is 1. The lowest BCUT2D eigenvalue weighted by Crippen LogP contribution is -2.30. The van der Waals surface area contributed by atoms with Gasteiger partial charge >= 0.3 is 0 Å². The molecular formula is C18H27NO. The molecule has 1 atom stereocenters. The lowest BCUT2D eigenvalue weighted by molar-refractivity contribution is 0.0971. The van der Waals surface area contributed by atoms with E-state index in [0.29, 0.717) is 24.0 Å². The van der Waals surface area contributed by atoms with Crippen molar-refractivity contribution in [3.63, 3.8) is 0 Å². The molecule has 1 N–H and O–H groups in total. The Morgan fingerprint density at radius 1 is 1.40 bits per heavy atom. The van der Waals surface area contributed by atoms with Gasteiger partial charge in [0.25, 0.3) is 0 Å². The van der Waals surface area contributed by atoms with Crippen LogP contribution in [0.2, 0.25) is 0 Å². The Labute approximate surface area is 123 Å². The second-order valence-electron chi connectivity index (χ2n) is 6.47. The molecule has 0 bridgehead atoms. The number of rotatable bonds is 6. The van der Waals surface area contributed by atoms with Gasteiger partial charge < -0.3 is 5.32 Å². The highest BCUT2D eigenvalue weighted by molar-refractivity contribution is 5.96. The average molecular weight is 273 g/mol. The topological polar surface area (TPSA) is 29.1 Å². The summed E-state index contributed by atoms with van der Waals surface area (Å²) in [5.41, 5.74) is 2.18. The third-order valence-electron chi connectivity index (χ3n) is 4.07. The number of carbonyl (C=O) groups is 1. The van der Waals surface area contributed by atoms with Crippen molar-refractivity contribution in [1.29, 1.82) is 0 Å². The van der Waals surface area contributed by atoms with E-state index < -0.39 is 0 Å². The first kappa shape index (κ1) is 15.2. The van der Waals surface area contributed by atoms with Crippen molar-refractivity contribution in [1.82, 2.24) is 5.32 Å². The minimum atomic E-state index is 0.307. The van der Waals surface area contributed by atoms with Gasteiger partial charge in [0.15, 0.2) is 5.78 Å². The van der Waals surface area contributed by atoms with Gasteiger partial charge in [-0.3, -0.25) is 4.79 Å². The molecule has 2 rings (SSSR count). The van der Waals surface area contributed by atoms with Crippen molar-refractivity contribution in [2.75, 3.05) is 13.1 Å². The molecule has 1 aliphatic heterocycles. The van der Waals surface area contributed by atoms with Crippen LogP contribution in [0, 0.1) is 11.8 Å². The van der Waals surface area contributed by atoms with Gasteiger partial charge in [0, 0.05) is 12.0 Å². The van der Waals surface area contributed by atoms with Gasteiger partial charge in [0.1, 0.15) is 0 Å². The van der Waals surface area contributed by atoms with Crippen LogP contribution in [0.4, 0.5) is 0 Å². The molecule has 1 aromatic carbocycles. The van der Waals surface area contributed by atoms with Crippen molar-refractivity contribution in [2.24, 2.45) is 11.8 Å². The van der Waals surface area contributed by atoms with Crippen molar-refractivity contribution in [3.05, 3.63) is 35.4 Å². The molecule has 2 heteroatoms. The van der Waals surface area contributed by atoms with Crippen molar-refractivity contribution >= 4 is 5.78 Å². The van der Waals surface area contributed by atoms with Crippen molar-refractivity contribution < 1.29 is 4.79 Å². The first-order valence-electron chi connectivity index (χ1n) is 7.98. The Kier molecular flexibility index (Phi) is 5.78. The maximum atomic E-state index is 12.3. The zero-order valence-corrected chi connectivity index (χ0v) is 12.8. The van der Waals surface area contributed by atoms with E-state index in [4.69, 9.17) is 0 Å². The Bertz CT molecular complexity index is 433. The zero-order chi connectivity index (χ0) is 14.4. The molecule has 1 unspecified atom stereocenters. The molecule has 2 nitrogen and oxygen atoms in total. The highest BCUT2D eigenvalue weighted by atomic mass is 16.1. The van der Waals surface area contributed by atoms with E-state index in [2.05, 4.69) is 31.3 Å². The fourth-order valence-electron chi connectivity index (χ4n) is 2.99. The molecule has 0 amide bonds. The summed E-state index contributed by atoms with van der Waals surface area (Å²) in [6, 6.07) is 8.20. The van der Waals surface area contributed by atoms with Crippen LogP contribution in [0.3, 0.4) is 0 Å². The van der Waals surface area contributed by atoms with Crippen LogP contribution in [0.1, 0.15) is 55.5 Å². The smallest absolute Gasteiger partial charge is 0.162 e. The Morgan fingerprint density at radius 2 is 2.25 bits per heavy atom. The van der Waals surface area contributed by atoms with Crippen LogP contribution >= 0.6 is 0 Å². The summed E-state index contributed by atoms with van der Waals surface area (Å²) in [6.45, 7) is 6.65. The van der Waals surface area contributed by atoms with Gasteiger partial charge in [0.2, 0.25) is 0 Å². The van der Waals surface area contributed by atoms with Crippen molar-refractivity contribution in [3.8, 4) is 0 Å². The van der Waals surface area contributed by atoms with E-state index in [0.717, 1.165) is 31.5 Å². The predicted octanol–water partition coefficient (Wildman–Crippen LogP) is 3.85. The Morgan fingerprint density at radius 3 is 2.95 bits per heavy atom. The summed E-state index contributed by atoms with van der Waals surface area (Å²) in [6.07, 6.45) is 5.29. The molecule has 20 heavy (non-hydrogen) atoms. The van der Waals surface area contributed by atoms with E-state index in [1.165, 1.54) is 18.4 Å². The van der Waals surface area contributed by atoms with E-state index in [1.54, 1.807) is 0 Å². The summed E-state index contributed by atoms with van der Waals surface area (Å²) in [5, 5.41) is 3.42. The van der Waals surface area contributed by atoms with Crippen LogP contribution in [-0.2, 0) is 6.42 Å². The van der Waals surface area contributed by atoms with Crippen LogP contribution in [0.15, 0.2) is 24.3 Å². The number of ketones is 1. The summed E-state index contributed by atoms with van der Waals surface area (Å²) in [4.78, 5) is 12.3. The lowest BCUT2D eigenvalue weighted by Gasteiger charge is -2.22. The Hall–Kier alpha value is -1.15. The third kappa shape index (κ3) is 4.75. The fraction of sp³-hybridized carbons (Fsp3) is 0.611. The van der Waals surface area contributed by atoms with Crippen LogP contribution in [0.25, 0.3) is 0 Å². The van der Waals surface area contributed by atoms with E-state index in [-0.39, 0.29) is 0 Å². The minimum Gasteiger partial charge on any atom is -0.316 e. The molecule has 0 saturated carbocycles. The molecule has 1 heterocycles. The van der Waals surface area contributed by atoms with Crippen molar-refractivity contribution in [2.45, 2.75) is 46.0 Å². The normalized spacial score (nSPS) is 19.2. The largest absolute Gasteiger partial charge is 0.316 e. The monoisotopic (exact) mass is 273 g/mol. The standard InChI is InChI=1S/C18H27NO/c1-14(2)11-16-5-3-7-17(12-16)18(20)9-8-15-6-4-10-19-13-15/h3,5,7,12,14-15,19H,4,6,8-11,13H2,1-2H3. The molecule has 1 aliphatic rings. The van der Waals surface area contributed by atoms with Crippen LogP contribution < -0.4 is 5.32 Å². The van der Waals surface area contributed by atoms with E-state index in [1.807, 2.05) is 12.1 Å². The summed E-state index contributed by atoms with van der Waals surface area (Å²) >= 11 is 0. The molecule has 1 fully saturated rings. The van der Waals surface area contributed by atoms with Gasteiger partial charge in [-0.2, -0.15) is 0 Å². The summed E-state index contributed by atoms with van der Waals surface area (Å²) < 4.78 is 0. The second-order valence-corrected chi connectivity index (χ2v) is 6.47. The van der Waals surface area contributed by atoms with Crippen LogP contribution in [-0.4, -0.2) is 18.9 Å². The van der Waals surface area contributed by atoms with E-state index >= 15 is 0 Å². The predicted molar refractivity (Wildman–Crippen MR) is 84.1 cm³/mol. The first-order chi connectivity index (χ1) is 9.65. The number of nitrogens with one attached hydrogen (secondary N) is 1. The molecule has 1 saturated heterocycles. The summed E-state index contributed by atoms with van der Waals surface area (Å²) in [5.74, 6) is 1.63. The first-order valence-corrected chi connectivity index (χ1v) is 7.98. The quantitative estimate of drug-likeness (QED) is 0.798. The average Bonchev–Trinajstić information content (AvgIpc) is 2.45. The second kappa shape index (κ2) is 7.58. The SMILES string of the molecule is CC(C)Cc1cccc(C(=O)CCC2CCCNC2)c1. The molecular weight excluding hydrogens is 246 g/mol. The molecule has 0 aromatic heterocycles. The zero-order valence-electron chi connectivity index (χ0n) is 12.8.